The zero-order chi connectivity index (χ0) is 11.5. The van der Waals surface area contributed by atoms with Crippen LogP contribution < -0.4 is 4.72 Å². The second-order valence-corrected chi connectivity index (χ2v) is 5.47. The van der Waals surface area contributed by atoms with Crippen LogP contribution in [0.25, 0.3) is 0 Å². The van der Waals surface area contributed by atoms with Crippen LogP contribution in [0.2, 0.25) is 5.02 Å². The molecular formula is C10H14ClNO2S. The van der Waals surface area contributed by atoms with Gasteiger partial charge in [0.05, 0.1) is 5.02 Å². The Morgan fingerprint density at radius 3 is 2.67 bits per heavy atom. The molecule has 5 heteroatoms. The molecule has 3 nitrogen and oxygen atoms in total. The molecule has 0 atom stereocenters. The lowest BCUT2D eigenvalue weighted by Crippen LogP contribution is -2.24. The van der Waals surface area contributed by atoms with E-state index in [1.807, 2.05) is 13.8 Å². The molecule has 1 aromatic rings. The van der Waals surface area contributed by atoms with Crippen molar-refractivity contribution in [2.24, 2.45) is 0 Å². The number of benzene rings is 1. The van der Waals surface area contributed by atoms with Crippen molar-refractivity contribution in [3.63, 3.8) is 0 Å². The van der Waals surface area contributed by atoms with Crippen molar-refractivity contribution in [2.75, 3.05) is 6.54 Å². The summed E-state index contributed by atoms with van der Waals surface area (Å²) in [6, 6.07) is 4.94. The standard InChI is InChI=1S/C10H14ClNO2S/c1-3-6-12-15(13,14)10-7-8(2)4-5-9(10)11/h4-5,7,12H,3,6H2,1-2H3. The van der Waals surface area contributed by atoms with Crippen LogP contribution in [0, 0.1) is 6.92 Å². The third-order valence-corrected chi connectivity index (χ3v) is 3.86. The van der Waals surface area contributed by atoms with Gasteiger partial charge in [-0.15, -0.1) is 0 Å². The van der Waals surface area contributed by atoms with Gasteiger partial charge in [0.1, 0.15) is 4.90 Å². The predicted octanol–water partition coefficient (Wildman–Crippen LogP) is 2.34. The summed E-state index contributed by atoms with van der Waals surface area (Å²) < 4.78 is 26.0. The summed E-state index contributed by atoms with van der Waals surface area (Å²) in [5.74, 6) is 0. The van der Waals surface area contributed by atoms with Crippen LogP contribution in [0.1, 0.15) is 18.9 Å². The van der Waals surface area contributed by atoms with Crippen LogP contribution in [0.4, 0.5) is 0 Å². The Kier molecular flexibility index (Phi) is 4.13. The molecule has 0 amide bonds. The Balaban J connectivity index is 3.09. The van der Waals surface area contributed by atoms with Gasteiger partial charge >= 0.3 is 0 Å². The van der Waals surface area contributed by atoms with Crippen molar-refractivity contribution in [3.8, 4) is 0 Å². The fourth-order valence-corrected chi connectivity index (χ4v) is 2.85. The van der Waals surface area contributed by atoms with E-state index in [4.69, 9.17) is 11.6 Å². The Bertz CT molecular complexity index is 443. The van der Waals surface area contributed by atoms with E-state index < -0.39 is 10.0 Å². The van der Waals surface area contributed by atoms with E-state index in [-0.39, 0.29) is 9.92 Å². The maximum atomic E-state index is 11.8. The maximum absolute atomic E-state index is 11.8. The highest BCUT2D eigenvalue weighted by Crippen LogP contribution is 2.21. The van der Waals surface area contributed by atoms with E-state index in [2.05, 4.69) is 4.72 Å². The van der Waals surface area contributed by atoms with Gasteiger partial charge in [-0.2, -0.15) is 0 Å². The number of sulfonamides is 1. The maximum Gasteiger partial charge on any atom is 0.242 e. The SMILES string of the molecule is CCCNS(=O)(=O)c1cc(C)ccc1Cl. The lowest BCUT2D eigenvalue weighted by molar-refractivity contribution is 0.581. The molecular weight excluding hydrogens is 234 g/mol. The molecule has 0 radical (unpaired) electrons. The summed E-state index contributed by atoms with van der Waals surface area (Å²) in [6.45, 7) is 4.15. The molecule has 0 saturated carbocycles. The average Bonchev–Trinajstić information content (AvgIpc) is 2.18. The second-order valence-electron chi connectivity index (χ2n) is 3.33. The van der Waals surface area contributed by atoms with E-state index >= 15 is 0 Å². The monoisotopic (exact) mass is 247 g/mol. The van der Waals surface area contributed by atoms with Gasteiger partial charge in [-0.25, -0.2) is 13.1 Å². The molecule has 1 aromatic carbocycles. The Labute approximate surface area is 95.5 Å². The highest BCUT2D eigenvalue weighted by Gasteiger charge is 2.16. The van der Waals surface area contributed by atoms with Gasteiger partial charge in [-0.3, -0.25) is 0 Å². The van der Waals surface area contributed by atoms with E-state index in [1.54, 1.807) is 18.2 Å². The molecule has 0 aliphatic carbocycles. The molecule has 0 saturated heterocycles. The lowest BCUT2D eigenvalue weighted by atomic mass is 10.2. The molecule has 0 bridgehead atoms. The number of hydrogen-bond donors (Lipinski definition) is 1. The van der Waals surface area contributed by atoms with Crippen LogP contribution in [0.15, 0.2) is 23.1 Å². The lowest BCUT2D eigenvalue weighted by Gasteiger charge is -2.07. The molecule has 0 aliphatic heterocycles. The predicted molar refractivity (Wildman–Crippen MR) is 61.7 cm³/mol. The minimum absolute atomic E-state index is 0.151. The molecule has 0 heterocycles. The van der Waals surface area contributed by atoms with E-state index in [0.717, 1.165) is 12.0 Å². The number of rotatable bonds is 4. The zero-order valence-electron chi connectivity index (χ0n) is 8.75. The molecule has 0 fully saturated rings. The van der Waals surface area contributed by atoms with Crippen molar-refractivity contribution in [3.05, 3.63) is 28.8 Å². The third-order valence-electron chi connectivity index (χ3n) is 1.92. The summed E-state index contributed by atoms with van der Waals surface area (Å²) >= 11 is 5.84. The highest BCUT2D eigenvalue weighted by molar-refractivity contribution is 7.89. The number of halogens is 1. The summed E-state index contributed by atoms with van der Waals surface area (Å²) in [7, 11) is -3.46. The van der Waals surface area contributed by atoms with Gasteiger partial charge in [-0.1, -0.05) is 24.6 Å². The first-order chi connectivity index (χ1) is 6.97. The molecule has 0 spiro atoms. The largest absolute Gasteiger partial charge is 0.242 e. The van der Waals surface area contributed by atoms with Gasteiger partial charge in [0.15, 0.2) is 0 Å². The van der Waals surface area contributed by atoms with Gasteiger partial charge in [-0.05, 0) is 31.0 Å². The third kappa shape index (κ3) is 3.19. The molecule has 1 rings (SSSR count). The highest BCUT2D eigenvalue weighted by atomic mass is 35.5. The van der Waals surface area contributed by atoms with Gasteiger partial charge < -0.3 is 0 Å². The number of hydrogen-bond acceptors (Lipinski definition) is 2. The number of nitrogens with one attached hydrogen (secondary N) is 1. The van der Waals surface area contributed by atoms with Crippen molar-refractivity contribution >= 4 is 21.6 Å². The topological polar surface area (TPSA) is 46.2 Å². The van der Waals surface area contributed by atoms with Crippen molar-refractivity contribution < 1.29 is 8.42 Å². The van der Waals surface area contributed by atoms with Crippen molar-refractivity contribution in [1.82, 2.24) is 4.72 Å². The van der Waals surface area contributed by atoms with Crippen LogP contribution in [-0.2, 0) is 10.0 Å². The minimum Gasteiger partial charge on any atom is -0.211 e. The van der Waals surface area contributed by atoms with Gasteiger partial charge in [0.2, 0.25) is 10.0 Å². The van der Waals surface area contributed by atoms with Crippen LogP contribution >= 0.6 is 11.6 Å². The zero-order valence-corrected chi connectivity index (χ0v) is 10.3. The van der Waals surface area contributed by atoms with Gasteiger partial charge in [0.25, 0.3) is 0 Å². The minimum atomic E-state index is -3.46. The smallest absolute Gasteiger partial charge is 0.211 e. The first-order valence-corrected chi connectivity index (χ1v) is 6.59. The quantitative estimate of drug-likeness (QED) is 0.888. The fraction of sp³-hybridized carbons (Fsp3) is 0.400. The van der Waals surface area contributed by atoms with Crippen molar-refractivity contribution in [1.29, 1.82) is 0 Å². The van der Waals surface area contributed by atoms with Crippen molar-refractivity contribution in [2.45, 2.75) is 25.2 Å². The van der Waals surface area contributed by atoms with E-state index in [1.165, 1.54) is 0 Å². The molecule has 15 heavy (non-hydrogen) atoms. The summed E-state index contributed by atoms with van der Waals surface area (Å²) in [5, 5.41) is 0.254. The summed E-state index contributed by atoms with van der Waals surface area (Å²) in [4.78, 5) is 0.151. The molecule has 0 aromatic heterocycles. The summed E-state index contributed by atoms with van der Waals surface area (Å²) in [5.41, 5.74) is 0.872. The van der Waals surface area contributed by atoms with E-state index in [9.17, 15) is 8.42 Å². The first kappa shape index (κ1) is 12.5. The fourth-order valence-electron chi connectivity index (χ4n) is 1.13. The second kappa shape index (κ2) is 4.96. The van der Waals surface area contributed by atoms with Crippen LogP contribution in [0.3, 0.4) is 0 Å². The van der Waals surface area contributed by atoms with Crippen LogP contribution in [-0.4, -0.2) is 15.0 Å². The Hall–Kier alpha value is -0.580. The molecule has 84 valence electrons. The Morgan fingerprint density at radius 1 is 1.40 bits per heavy atom. The first-order valence-electron chi connectivity index (χ1n) is 4.73. The summed E-state index contributed by atoms with van der Waals surface area (Å²) in [6.07, 6.45) is 0.753. The normalized spacial score (nSPS) is 11.7. The van der Waals surface area contributed by atoms with Crippen LogP contribution in [0.5, 0.6) is 0 Å². The molecule has 1 N–H and O–H groups in total. The molecule has 0 aliphatic rings. The van der Waals surface area contributed by atoms with E-state index in [0.29, 0.717) is 6.54 Å². The number of aryl methyl sites for hydroxylation is 1. The Morgan fingerprint density at radius 2 is 2.07 bits per heavy atom. The van der Waals surface area contributed by atoms with Gasteiger partial charge in [0, 0.05) is 6.54 Å². The average molecular weight is 248 g/mol. The molecule has 0 unspecified atom stereocenters.